The van der Waals surface area contributed by atoms with Gasteiger partial charge in [-0.3, -0.25) is 19.3 Å². The molecule has 252 valence electrons. The van der Waals surface area contributed by atoms with Gasteiger partial charge in [-0.05, 0) is 62.3 Å². The molecule has 3 fully saturated rings. The number of fused-ring (bicyclic) bond motifs is 1. The number of hydrogen-bond donors (Lipinski definition) is 2. The van der Waals surface area contributed by atoms with Crippen LogP contribution >= 0.6 is 22.9 Å². The topological polar surface area (TPSA) is 108 Å². The zero-order chi connectivity index (χ0) is 33.3. The number of methoxy groups -OCH3 is 1. The Labute approximate surface area is 283 Å². The number of halogens is 2. The number of likely N-dealkylation sites (tertiary alicyclic amines) is 2. The molecular formula is C35H41ClFN3O6S. The molecule has 1 aromatic heterocycles. The highest BCUT2D eigenvalue weighted by molar-refractivity contribution is 7.17. The smallest absolute Gasteiger partial charge is 0.306 e. The molecule has 2 amide bonds. The minimum Gasteiger partial charge on any atom is -0.481 e. The fourth-order valence-corrected chi connectivity index (χ4v) is 8.39. The lowest BCUT2D eigenvalue weighted by Crippen LogP contribution is -2.65. The molecule has 3 heterocycles. The van der Waals surface area contributed by atoms with Crippen LogP contribution in [-0.2, 0) is 25.5 Å². The number of benzene rings is 2. The van der Waals surface area contributed by atoms with Crippen molar-refractivity contribution >= 4 is 56.5 Å². The number of carboxylic acids is 1. The molecule has 0 radical (unpaired) electrons. The number of amides is 2. The number of anilines is 1. The Morgan fingerprint density at radius 1 is 1.15 bits per heavy atom. The van der Waals surface area contributed by atoms with Crippen molar-refractivity contribution in [3.63, 3.8) is 0 Å². The van der Waals surface area contributed by atoms with E-state index in [1.165, 1.54) is 23.5 Å². The summed E-state index contributed by atoms with van der Waals surface area (Å²) >= 11 is 7.98. The maximum absolute atomic E-state index is 15.5. The molecular weight excluding hydrogens is 645 g/mol. The van der Waals surface area contributed by atoms with Gasteiger partial charge in [-0.25, -0.2) is 4.39 Å². The van der Waals surface area contributed by atoms with E-state index in [4.69, 9.17) is 21.1 Å². The Morgan fingerprint density at radius 2 is 1.89 bits per heavy atom. The van der Waals surface area contributed by atoms with E-state index in [9.17, 15) is 19.5 Å². The van der Waals surface area contributed by atoms with Gasteiger partial charge in [0.15, 0.2) is 0 Å². The second-order valence-electron chi connectivity index (χ2n) is 13.1. The van der Waals surface area contributed by atoms with Crippen LogP contribution < -0.4 is 5.32 Å². The van der Waals surface area contributed by atoms with E-state index >= 15 is 4.39 Å². The van der Waals surface area contributed by atoms with E-state index < -0.39 is 11.8 Å². The van der Waals surface area contributed by atoms with E-state index in [0.717, 1.165) is 36.0 Å². The van der Waals surface area contributed by atoms with Crippen LogP contribution in [0, 0.1) is 11.7 Å². The van der Waals surface area contributed by atoms with Gasteiger partial charge in [0.2, 0.25) is 5.91 Å². The predicted molar refractivity (Wildman–Crippen MR) is 180 cm³/mol. The molecule has 0 spiro atoms. The maximum atomic E-state index is 15.5. The lowest BCUT2D eigenvalue weighted by Gasteiger charge is -2.51. The van der Waals surface area contributed by atoms with Gasteiger partial charge < -0.3 is 24.8 Å². The van der Waals surface area contributed by atoms with Crippen LogP contribution in [0.3, 0.4) is 0 Å². The van der Waals surface area contributed by atoms with Crippen LogP contribution in [0.5, 0.6) is 0 Å². The highest BCUT2D eigenvalue weighted by atomic mass is 35.5. The third kappa shape index (κ3) is 7.19. The normalized spacial score (nSPS) is 24.3. The molecule has 3 aromatic rings. The summed E-state index contributed by atoms with van der Waals surface area (Å²) in [5.41, 5.74) is 0.611. The maximum Gasteiger partial charge on any atom is 0.306 e. The van der Waals surface area contributed by atoms with Crippen molar-refractivity contribution in [2.75, 3.05) is 38.7 Å². The summed E-state index contributed by atoms with van der Waals surface area (Å²) in [6.45, 7) is 4.53. The van der Waals surface area contributed by atoms with Gasteiger partial charge in [0.25, 0.3) is 5.91 Å². The summed E-state index contributed by atoms with van der Waals surface area (Å²) < 4.78 is 28.5. The number of thiophene rings is 1. The Balaban J connectivity index is 1.12. The monoisotopic (exact) mass is 685 g/mol. The lowest BCUT2D eigenvalue weighted by molar-refractivity contribution is -0.144. The number of rotatable bonds is 11. The number of aliphatic carboxylic acids is 1. The van der Waals surface area contributed by atoms with Crippen LogP contribution in [0.1, 0.15) is 61.4 Å². The molecule has 2 saturated heterocycles. The van der Waals surface area contributed by atoms with Crippen LogP contribution in [0.2, 0.25) is 5.02 Å². The van der Waals surface area contributed by atoms with Crippen LogP contribution in [0.4, 0.5) is 10.1 Å². The fourth-order valence-electron chi connectivity index (χ4n) is 7.22. The third-order valence-electron chi connectivity index (χ3n) is 10.3. The zero-order valence-electron chi connectivity index (χ0n) is 26.7. The number of hydrogen-bond acceptors (Lipinski definition) is 7. The van der Waals surface area contributed by atoms with Crippen LogP contribution in [-0.4, -0.2) is 89.8 Å². The third-order valence-corrected chi connectivity index (χ3v) is 11.6. The number of nitrogens with one attached hydrogen (secondary N) is 1. The molecule has 1 saturated carbocycles. The summed E-state index contributed by atoms with van der Waals surface area (Å²) in [5, 5.41) is 14.8. The van der Waals surface area contributed by atoms with E-state index in [1.807, 2.05) is 24.3 Å². The van der Waals surface area contributed by atoms with Gasteiger partial charge in [-0.1, -0.05) is 36.7 Å². The first-order valence-electron chi connectivity index (χ1n) is 16.3. The van der Waals surface area contributed by atoms with E-state index in [0.29, 0.717) is 44.4 Å². The first kappa shape index (κ1) is 33.8. The minimum absolute atomic E-state index is 0.0436. The standard InChI is InChI=1S/C35H41ClFN3O6S/c1-3-35(45-2)19-39(20-35)23-14-24(17-46-25-10-8-21(9-11-25)34(43)44)40(16-23)32(41)13-22-12-28(36)30(15-29(22)37)38-33(42)27-18-47-31-7-5-4-6-26(27)31/h4-7,12,15,18,21,23-25H,3,8-11,13-14,16-17,19-20H2,1-2H3,(H,38,42)(H,43,44)/t21?,23-,24-,25?/m0/s1. The first-order chi connectivity index (χ1) is 22.6. The molecule has 6 rings (SSSR count). The predicted octanol–water partition coefficient (Wildman–Crippen LogP) is 6.23. The molecule has 12 heteroatoms. The van der Waals surface area contributed by atoms with Gasteiger partial charge in [-0.2, -0.15) is 0 Å². The minimum atomic E-state index is -0.758. The Bertz CT molecular complexity index is 1630. The second kappa shape index (κ2) is 14.2. The number of carbonyl (C=O) groups is 3. The molecule has 9 nitrogen and oxygen atoms in total. The molecule has 0 bridgehead atoms. The lowest BCUT2D eigenvalue weighted by atomic mass is 9.87. The van der Waals surface area contributed by atoms with Crippen molar-refractivity contribution in [3.8, 4) is 0 Å². The average molecular weight is 686 g/mol. The SMILES string of the molecule is CCC1(OC)CN([C@H]2C[C@@H](COC3CCC(C(=O)O)CC3)N(C(=O)Cc3cc(Cl)c(NC(=O)c4csc5ccccc45)cc3F)C2)C1. The Hall–Kier alpha value is -3.09. The van der Waals surface area contributed by atoms with Gasteiger partial charge in [0, 0.05) is 48.3 Å². The summed E-state index contributed by atoms with van der Waals surface area (Å²) in [6.07, 6.45) is 3.92. The average Bonchev–Trinajstić information content (AvgIpc) is 3.67. The Kier molecular flexibility index (Phi) is 10.2. The van der Waals surface area contributed by atoms with E-state index in [2.05, 4.69) is 17.1 Å². The van der Waals surface area contributed by atoms with Crippen molar-refractivity contribution in [2.24, 2.45) is 5.92 Å². The molecule has 3 aliphatic rings. The van der Waals surface area contributed by atoms with Crippen molar-refractivity contribution < 1.29 is 33.4 Å². The van der Waals surface area contributed by atoms with Gasteiger partial charge in [0.1, 0.15) is 5.82 Å². The molecule has 2 aromatic carbocycles. The summed E-state index contributed by atoms with van der Waals surface area (Å²) in [5.74, 6) is -2.32. The molecule has 2 aliphatic heterocycles. The summed E-state index contributed by atoms with van der Waals surface area (Å²) in [4.78, 5) is 42.4. The number of carbonyl (C=O) groups excluding carboxylic acids is 2. The first-order valence-corrected chi connectivity index (χ1v) is 17.5. The van der Waals surface area contributed by atoms with E-state index in [-0.39, 0.29) is 64.2 Å². The second-order valence-corrected chi connectivity index (χ2v) is 14.4. The van der Waals surface area contributed by atoms with Gasteiger partial charge >= 0.3 is 5.97 Å². The number of carboxylic acid groups (broad SMARTS) is 1. The fraction of sp³-hybridized carbons (Fsp3) is 0.514. The zero-order valence-corrected chi connectivity index (χ0v) is 28.2. The molecule has 1 aliphatic carbocycles. The molecule has 47 heavy (non-hydrogen) atoms. The van der Waals surface area contributed by atoms with Crippen molar-refractivity contribution in [3.05, 3.63) is 63.7 Å². The van der Waals surface area contributed by atoms with Gasteiger partial charge in [0.05, 0.1) is 53.0 Å². The highest BCUT2D eigenvalue weighted by Crippen LogP contribution is 2.36. The molecule has 0 unspecified atom stereocenters. The quantitative estimate of drug-likeness (QED) is 0.247. The molecule has 2 N–H and O–H groups in total. The van der Waals surface area contributed by atoms with Crippen molar-refractivity contribution in [2.45, 2.75) is 75.7 Å². The van der Waals surface area contributed by atoms with Crippen molar-refractivity contribution in [1.29, 1.82) is 0 Å². The summed E-state index contributed by atoms with van der Waals surface area (Å²) in [7, 11) is 1.74. The molecule has 2 atom stereocenters. The van der Waals surface area contributed by atoms with E-state index in [1.54, 1.807) is 17.4 Å². The largest absolute Gasteiger partial charge is 0.481 e. The van der Waals surface area contributed by atoms with Crippen LogP contribution in [0.25, 0.3) is 10.1 Å². The van der Waals surface area contributed by atoms with Crippen molar-refractivity contribution in [1.82, 2.24) is 9.80 Å². The number of nitrogens with zero attached hydrogens (tertiary/aromatic N) is 2. The van der Waals surface area contributed by atoms with Crippen LogP contribution in [0.15, 0.2) is 41.8 Å². The number of ether oxygens (including phenoxy) is 2. The highest BCUT2D eigenvalue weighted by Gasteiger charge is 2.48. The summed E-state index contributed by atoms with van der Waals surface area (Å²) in [6, 6.07) is 10.1. The Morgan fingerprint density at radius 3 is 2.60 bits per heavy atom. The van der Waals surface area contributed by atoms with Gasteiger partial charge in [-0.15, -0.1) is 11.3 Å².